The second-order valence-corrected chi connectivity index (χ2v) is 6.57. The monoisotopic (exact) mass is 275 g/mol. The Morgan fingerprint density at radius 1 is 1.44 bits per heavy atom. The Labute approximate surface area is 106 Å². The molecule has 1 saturated heterocycles. The SMILES string of the molecule is O=C(O)C1CCOC(S(=O)(=O)N2C=CCCC2)C1. The molecule has 0 amide bonds. The average molecular weight is 275 g/mol. The van der Waals surface area contributed by atoms with Crippen LogP contribution in [0.5, 0.6) is 0 Å². The molecule has 0 radical (unpaired) electrons. The minimum atomic E-state index is -3.59. The van der Waals surface area contributed by atoms with E-state index in [0.717, 1.165) is 12.8 Å². The molecule has 0 aliphatic carbocycles. The van der Waals surface area contributed by atoms with E-state index in [4.69, 9.17) is 9.84 Å². The summed E-state index contributed by atoms with van der Waals surface area (Å²) in [7, 11) is -3.59. The first-order valence-electron chi connectivity index (χ1n) is 6.03. The third-order valence-corrected chi connectivity index (χ3v) is 5.23. The first kappa shape index (κ1) is 13.4. The summed E-state index contributed by atoms with van der Waals surface area (Å²) in [6.07, 6.45) is 5.41. The van der Waals surface area contributed by atoms with Crippen LogP contribution in [0.25, 0.3) is 0 Å². The summed E-state index contributed by atoms with van der Waals surface area (Å²) in [4.78, 5) is 10.9. The molecule has 18 heavy (non-hydrogen) atoms. The van der Waals surface area contributed by atoms with Gasteiger partial charge in [0.1, 0.15) is 0 Å². The molecule has 0 aromatic carbocycles. The van der Waals surface area contributed by atoms with Crippen molar-refractivity contribution in [2.24, 2.45) is 5.92 Å². The van der Waals surface area contributed by atoms with E-state index in [9.17, 15) is 13.2 Å². The summed E-state index contributed by atoms with van der Waals surface area (Å²) < 4.78 is 31.0. The Balaban J connectivity index is 2.11. The van der Waals surface area contributed by atoms with Crippen LogP contribution in [0, 0.1) is 5.92 Å². The number of allylic oxidation sites excluding steroid dienone is 1. The molecule has 2 atom stereocenters. The van der Waals surface area contributed by atoms with Gasteiger partial charge in [-0.3, -0.25) is 9.10 Å². The van der Waals surface area contributed by atoms with E-state index in [1.54, 1.807) is 12.3 Å². The fraction of sp³-hybridized carbons (Fsp3) is 0.727. The standard InChI is InChI=1S/C11H17NO5S/c13-11(14)9-4-7-17-10(8-9)18(15,16)12-5-2-1-3-6-12/h2,5,9-10H,1,3-4,6-8H2,(H,13,14). The lowest BCUT2D eigenvalue weighted by Gasteiger charge is -2.32. The third kappa shape index (κ3) is 2.67. The van der Waals surface area contributed by atoms with Gasteiger partial charge in [-0.1, -0.05) is 6.08 Å². The Morgan fingerprint density at radius 2 is 2.22 bits per heavy atom. The van der Waals surface area contributed by atoms with Crippen LogP contribution in [0.15, 0.2) is 12.3 Å². The van der Waals surface area contributed by atoms with Gasteiger partial charge in [0.2, 0.25) is 0 Å². The van der Waals surface area contributed by atoms with Crippen molar-refractivity contribution in [1.82, 2.24) is 4.31 Å². The zero-order valence-corrected chi connectivity index (χ0v) is 10.8. The van der Waals surface area contributed by atoms with Gasteiger partial charge in [0.15, 0.2) is 5.44 Å². The molecule has 102 valence electrons. The second-order valence-electron chi connectivity index (χ2n) is 4.54. The van der Waals surface area contributed by atoms with Gasteiger partial charge in [0, 0.05) is 25.8 Å². The first-order valence-corrected chi connectivity index (χ1v) is 7.54. The van der Waals surface area contributed by atoms with Crippen LogP contribution in [-0.2, 0) is 19.6 Å². The van der Waals surface area contributed by atoms with E-state index in [1.807, 2.05) is 0 Å². The Hall–Kier alpha value is -1.08. The Kier molecular flexibility index (Phi) is 3.91. The van der Waals surface area contributed by atoms with Crippen molar-refractivity contribution in [3.63, 3.8) is 0 Å². The predicted molar refractivity (Wildman–Crippen MR) is 64.1 cm³/mol. The fourth-order valence-electron chi connectivity index (χ4n) is 2.19. The van der Waals surface area contributed by atoms with Crippen LogP contribution < -0.4 is 0 Å². The van der Waals surface area contributed by atoms with Gasteiger partial charge in [-0.25, -0.2) is 8.42 Å². The van der Waals surface area contributed by atoms with Crippen molar-refractivity contribution in [2.75, 3.05) is 13.2 Å². The summed E-state index contributed by atoms with van der Waals surface area (Å²) in [5.74, 6) is -1.58. The lowest BCUT2D eigenvalue weighted by molar-refractivity contribution is -0.145. The van der Waals surface area contributed by atoms with E-state index in [0.29, 0.717) is 13.0 Å². The van der Waals surface area contributed by atoms with E-state index >= 15 is 0 Å². The Bertz CT molecular complexity index is 444. The molecule has 2 heterocycles. The number of carbonyl (C=O) groups is 1. The number of carboxylic acids is 1. The number of hydrogen-bond acceptors (Lipinski definition) is 4. The lowest BCUT2D eigenvalue weighted by Crippen LogP contribution is -2.42. The van der Waals surface area contributed by atoms with Crippen LogP contribution in [0.4, 0.5) is 0 Å². The molecule has 1 fully saturated rings. The minimum absolute atomic E-state index is 0.0298. The normalized spacial score (nSPS) is 29.2. The fourth-order valence-corrected chi connectivity index (χ4v) is 3.87. The van der Waals surface area contributed by atoms with E-state index in [2.05, 4.69) is 0 Å². The Morgan fingerprint density at radius 3 is 2.83 bits per heavy atom. The highest BCUT2D eigenvalue weighted by atomic mass is 32.2. The third-order valence-electron chi connectivity index (χ3n) is 3.28. The van der Waals surface area contributed by atoms with Crippen molar-refractivity contribution in [3.05, 3.63) is 12.3 Å². The van der Waals surface area contributed by atoms with Gasteiger partial charge in [0.25, 0.3) is 10.0 Å². The molecule has 0 aromatic rings. The molecule has 0 bridgehead atoms. The molecule has 2 rings (SSSR count). The summed E-state index contributed by atoms with van der Waals surface area (Å²) in [6.45, 7) is 0.620. The van der Waals surface area contributed by atoms with Crippen LogP contribution >= 0.6 is 0 Å². The van der Waals surface area contributed by atoms with Gasteiger partial charge >= 0.3 is 5.97 Å². The maximum Gasteiger partial charge on any atom is 0.306 e. The van der Waals surface area contributed by atoms with Gasteiger partial charge in [-0.2, -0.15) is 0 Å². The summed E-state index contributed by atoms with van der Waals surface area (Å²) in [5, 5.41) is 8.95. The molecule has 0 spiro atoms. The van der Waals surface area contributed by atoms with Crippen LogP contribution in [-0.4, -0.2) is 42.4 Å². The smallest absolute Gasteiger partial charge is 0.306 e. The first-order chi connectivity index (χ1) is 8.51. The second kappa shape index (κ2) is 5.27. The molecule has 2 aliphatic heterocycles. The average Bonchev–Trinajstić information content (AvgIpc) is 2.40. The van der Waals surface area contributed by atoms with E-state index in [1.165, 1.54) is 4.31 Å². The number of carboxylic acid groups (broad SMARTS) is 1. The zero-order valence-electron chi connectivity index (χ0n) is 9.99. The van der Waals surface area contributed by atoms with E-state index < -0.39 is 27.3 Å². The number of ether oxygens (including phenoxy) is 1. The number of rotatable bonds is 3. The minimum Gasteiger partial charge on any atom is -0.481 e. The van der Waals surface area contributed by atoms with Crippen LogP contribution in [0.2, 0.25) is 0 Å². The van der Waals surface area contributed by atoms with Crippen molar-refractivity contribution in [1.29, 1.82) is 0 Å². The predicted octanol–water partition coefficient (Wildman–Crippen LogP) is 0.763. The number of sulfonamides is 1. The number of hydrogen-bond donors (Lipinski definition) is 1. The van der Waals surface area contributed by atoms with Crippen molar-refractivity contribution in [2.45, 2.75) is 31.1 Å². The number of aliphatic carboxylic acids is 1. The van der Waals surface area contributed by atoms with E-state index in [-0.39, 0.29) is 13.0 Å². The summed E-state index contributed by atoms with van der Waals surface area (Å²) >= 11 is 0. The molecule has 2 aliphatic rings. The molecule has 2 unspecified atom stereocenters. The van der Waals surface area contributed by atoms with Crippen molar-refractivity contribution in [3.8, 4) is 0 Å². The maximum absolute atomic E-state index is 12.3. The lowest BCUT2D eigenvalue weighted by atomic mass is 10.0. The highest BCUT2D eigenvalue weighted by molar-refractivity contribution is 7.89. The highest BCUT2D eigenvalue weighted by Gasteiger charge is 2.38. The molecule has 7 heteroatoms. The largest absolute Gasteiger partial charge is 0.481 e. The molecular formula is C11H17NO5S. The topological polar surface area (TPSA) is 83.9 Å². The summed E-state index contributed by atoms with van der Waals surface area (Å²) in [6, 6.07) is 0. The summed E-state index contributed by atoms with van der Waals surface area (Å²) in [5.41, 5.74) is -1.03. The molecule has 1 N–H and O–H groups in total. The zero-order chi connectivity index (χ0) is 13.2. The number of nitrogens with zero attached hydrogens (tertiary/aromatic N) is 1. The van der Waals surface area contributed by atoms with Gasteiger partial charge in [0.05, 0.1) is 5.92 Å². The molecule has 0 aromatic heterocycles. The quantitative estimate of drug-likeness (QED) is 0.822. The maximum atomic E-state index is 12.3. The van der Waals surface area contributed by atoms with Crippen molar-refractivity contribution >= 4 is 16.0 Å². The molecule has 6 nitrogen and oxygen atoms in total. The van der Waals surface area contributed by atoms with Gasteiger partial charge in [-0.15, -0.1) is 0 Å². The molecule has 0 saturated carbocycles. The van der Waals surface area contributed by atoms with Gasteiger partial charge < -0.3 is 9.84 Å². The van der Waals surface area contributed by atoms with Crippen molar-refractivity contribution < 1.29 is 23.1 Å². The highest BCUT2D eigenvalue weighted by Crippen LogP contribution is 2.27. The van der Waals surface area contributed by atoms with Crippen LogP contribution in [0.3, 0.4) is 0 Å². The van der Waals surface area contributed by atoms with Crippen LogP contribution in [0.1, 0.15) is 25.7 Å². The molecular weight excluding hydrogens is 258 g/mol. The van der Waals surface area contributed by atoms with Gasteiger partial charge in [-0.05, 0) is 19.3 Å².